The average Bonchev–Trinajstić information content (AvgIpc) is 2.77. The maximum Gasteiger partial charge on any atom is 0.319 e. The fraction of sp³-hybridized carbons (Fsp3) is 0.692. The summed E-state index contributed by atoms with van der Waals surface area (Å²) in [5.41, 5.74) is 0.265. The lowest BCUT2D eigenvalue weighted by Gasteiger charge is -2.28. The summed E-state index contributed by atoms with van der Waals surface area (Å²) >= 11 is 0. The third-order valence-electron chi connectivity index (χ3n) is 3.25. The van der Waals surface area contributed by atoms with Crippen molar-refractivity contribution < 1.29 is 9.90 Å². The Balaban J connectivity index is 2.59. The molecule has 1 unspecified atom stereocenters. The second-order valence-electron chi connectivity index (χ2n) is 5.27. The first kappa shape index (κ1) is 15.5. The molecule has 0 bridgehead atoms. The van der Waals surface area contributed by atoms with Crippen molar-refractivity contribution in [3.63, 3.8) is 0 Å². The average molecular weight is 268 g/mol. The topological polar surface area (TPSA) is 79.2 Å². The highest BCUT2D eigenvalue weighted by Crippen LogP contribution is 2.15. The van der Waals surface area contributed by atoms with Crippen LogP contribution in [0.4, 0.5) is 10.5 Å². The van der Waals surface area contributed by atoms with E-state index >= 15 is 0 Å². The van der Waals surface area contributed by atoms with Gasteiger partial charge in [-0.2, -0.15) is 5.10 Å². The molecule has 1 aromatic heterocycles. The van der Waals surface area contributed by atoms with Crippen LogP contribution >= 0.6 is 0 Å². The van der Waals surface area contributed by atoms with Crippen molar-refractivity contribution in [3.05, 3.63) is 12.4 Å². The van der Waals surface area contributed by atoms with E-state index in [9.17, 15) is 4.79 Å². The summed E-state index contributed by atoms with van der Waals surface area (Å²) in [7, 11) is 0. The summed E-state index contributed by atoms with van der Waals surface area (Å²) in [4.78, 5) is 11.9. The first-order chi connectivity index (χ1) is 8.90. The SMILES string of the molecule is CCC(C)(CCO)NC(=O)Nc1cnn(C(C)C)c1. The summed E-state index contributed by atoms with van der Waals surface area (Å²) in [6.45, 7) is 7.99. The number of hydrogen-bond acceptors (Lipinski definition) is 3. The Hall–Kier alpha value is -1.56. The zero-order valence-electron chi connectivity index (χ0n) is 12.1. The van der Waals surface area contributed by atoms with Crippen molar-refractivity contribution in [2.24, 2.45) is 0 Å². The third-order valence-corrected chi connectivity index (χ3v) is 3.25. The van der Waals surface area contributed by atoms with Gasteiger partial charge in [-0.1, -0.05) is 6.92 Å². The van der Waals surface area contributed by atoms with Crippen molar-refractivity contribution in [1.29, 1.82) is 0 Å². The Labute approximate surface area is 114 Å². The number of aliphatic hydroxyl groups is 1. The molecule has 0 saturated carbocycles. The number of carbonyl (C=O) groups is 1. The first-order valence-corrected chi connectivity index (χ1v) is 6.64. The summed E-state index contributed by atoms with van der Waals surface area (Å²) < 4.78 is 1.78. The molecular weight excluding hydrogens is 244 g/mol. The fourth-order valence-corrected chi connectivity index (χ4v) is 1.70. The van der Waals surface area contributed by atoms with Crippen LogP contribution in [0.5, 0.6) is 0 Å². The number of nitrogens with zero attached hydrogens (tertiary/aromatic N) is 2. The minimum absolute atomic E-state index is 0.0515. The normalized spacial score (nSPS) is 14.2. The molecule has 6 heteroatoms. The molecule has 0 aliphatic heterocycles. The van der Waals surface area contributed by atoms with Gasteiger partial charge in [0.25, 0.3) is 0 Å². The lowest BCUT2D eigenvalue weighted by atomic mass is 9.95. The van der Waals surface area contributed by atoms with Gasteiger partial charge in [-0.25, -0.2) is 4.79 Å². The van der Waals surface area contributed by atoms with Gasteiger partial charge < -0.3 is 15.7 Å². The molecule has 108 valence electrons. The van der Waals surface area contributed by atoms with Crippen molar-refractivity contribution in [2.45, 2.75) is 52.1 Å². The predicted molar refractivity (Wildman–Crippen MR) is 75.2 cm³/mol. The molecule has 1 atom stereocenters. The second-order valence-corrected chi connectivity index (χ2v) is 5.27. The number of aliphatic hydroxyl groups excluding tert-OH is 1. The lowest BCUT2D eigenvalue weighted by Crippen LogP contribution is -2.48. The summed E-state index contributed by atoms with van der Waals surface area (Å²) in [6, 6.07) is -0.0185. The fourth-order valence-electron chi connectivity index (χ4n) is 1.70. The zero-order chi connectivity index (χ0) is 14.5. The monoisotopic (exact) mass is 268 g/mol. The van der Waals surface area contributed by atoms with Crippen LogP contribution in [0, 0.1) is 0 Å². The van der Waals surface area contributed by atoms with Crippen LogP contribution in [0.2, 0.25) is 0 Å². The summed E-state index contributed by atoms with van der Waals surface area (Å²) in [6.07, 6.45) is 4.70. The van der Waals surface area contributed by atoms with E-state index in [-0.39, 0.29) is 18.7 Å². The number of aromatic nitrogens is 2. The Morgan fingerprint density at radius 3 is 2.74 bits per heavy atom. The number of nitrogens with one attached hydrogen (secondary N) is 2. The molecule has 19 heavy (non-hydrogen) atoms. The molecule has 0 spiro atoms. The van der Waals surface area contributed by atoms with Crippen molar-refractivity contribution >= 4 is 11.7 Å². The standard InChI is InChI=1S/C13H24N4O2/c1-5-13(4,6-7-18)16-12(19)15-11-8-14-17(9-11)10(2)3/h8-10,18H,5-7H2,1-4H3,(H2,15,16,19). The maximum absolute atomic E-state index is 11.9. The van der Waals surface area contributed by atoms with Crippen molar-refractivity contribution in [1.82, 2.24) is 15.1 Å². The minimum atomic E-state index is -0.396. The number of hydrogen-bond donors (Lipinski definition) is 3. The van der Waals surface area contributed by atoms with E-state index < -0.39 is 5.54 Å². The van der Waals surface area contributed by atoms with Crippen LogP contribution in [0.3, 0.4) is 0 Å². The molecule has 1 heterocycles. The van der Waals surface area contributed by atoms with Gasteiger partial charge in [-0.15, -0.1) is 0 Å². The van der Waals surface area contributed by atoms with Crippen LogP contribution in [0.25, 0.3) is 0 Å². The lowest BCUT2D eigenvalue weighted by molar-refractivity contribution is 0.208. The van der Waals surface area contributed by atoms with Crippen LogP contribution in [0.15, 0.2) is 12.4 Å². The van der Waals surface area contributed by atoms with Gasteiger partial charge in [-0.3, -0.25) is 4.68 Å². The molecular formula is C13H24N4O2. The predicted octanol–water partition coefficient (Wildman–Crippen LogP) is 2.14. The van der Waals surface area contributed by atoms with Crippen LogP contribution in [-0.2, 0) is 0 Å². The highest BCUT2D eigenvalue weighted by Gasteiger charge is 2.23. The van der Waals surface area contributed by atoms with Crippen molar-refractivity contribution in [2.75, 3.05) is 11.9 Å². The maximum atomic E-state index is 11.9. The molecule has 6 nitrogen and oxygen atoms in total. The molecule has 0 aliphatic rings. The molecule has 1 rings (SSSR count). The molecule has 1 aromatic rings. The van der Waals surface area contributed by atoms with Crippen LogP contribution < -0.4 is 10.6 Å². The number of carbonyl (C=O) groups excluding carboxylic acids is 1. The van der Waals surface area contributed by atoms with Crippen LogP contribution in [-0.4, -0.2) is 33.1 Å². The highest BCUT2D eigenvalue weighted by molar-refractivity contribution is 5.89. The summed E-state index contributed by atoms with van der Waals surface area (Å²) in [5.74, 6) is 0. The number of rotatable bonds is 6. The molecule has 0 fully saturated rings. The Kier molecular flexibility index (Phi) is 5.35. The van der Waals surface area contributed by atoms with E-state index in [0.717, 1.165) is 6.42 Å². The van der Waals surface area contributed by atoms with E-state index in [1.54, 1.807) is 17.1 Å². The number of urea groups is 1. The quantitative estimate of drug-likeness (QED) is 0.739. The summed E-state index contributed by atoms with van der Waals surface area (Å²) in [5, 5.41) is 18.8. The van der Waals surface area contributed by atoms with E-state index in [1.807, 2.05) is 27.7 Å². The molecule has 3 N–H and O–H groups in total. The second kappa shape index (κ2) is 6.56. The Morgan fingerprint density at radius 2 is 2.26 bits per heavy atom. The molecule has 2 amide bonds. The highest BCUT2D eigenvalue weighted by atomic mass is 16.3. The van der Waals surface area contributed by atoms with Crippen molar-refractivity contribution in [3.8, 4) is 0 Å². The largest absolute Gasteiger partial charge is 0.396 e. The number of amides is 2. The third kappa shape index (κ3) is 4.55. The van der Waals surface area contributed by atoms with Gasteiger partial charge in [0.15, 0.2) is 0 Å². The Morgan fingerprint density at radius 1 is 1.58 bits per heavy atom. The van der Waals surface area contributed by atoms with E-state index in [4.69, 9.17) is 5.11 Å². The van der Waals surface area contributed by atoms with Gasteiger partial charge >= 0.3 is 6.03 Å². The molecule has 0 saturated heterocycles. The molecule has 0 aliphatic carbocycles. The number of anilines is 1. The van der Waals surface area contributed by atoms with Gasteiger partial charge in [0, 0.05) is 24.4 Å². The van der Waals surface area contributed by atoms with Crippen LogP contribution in [0.1, 0.15) is 46.6 Å². The smallest absolute Gasteiger partial charge is 0.319 e. The Bertz CT molecular complexity index is 417. The van der Waals surface area contributed by atoms with E-state index in [0.29, 0.717) is 12.1 Å². The van der Waals surface area contributed by atoms with Gasteiger partial charge in [0.1, 0.15) is 0 Å². The van der Waals surface area contributed by atoms with Gasteiger partial charge in [0.05, 0.1) is 11.9 Å². The zero-order valence-corrected chi connectivity index (χ0v) is 12.1. The molecule has 0 radical (unpaired) electrons. The van der Waals surface area contributed by atoms with E-state index in [2.05, 4.69) is 15.7 Å². The first-order valence-electron chi connectivity index (χ1n) is 6.64. The van der Waals surface area contributed by atoms with Gasteiger partial charge in [-0.05, 0) is 33.6 Å². The van der Waals surface area contributed by atoms with Gasteiger partial charge in [0.2, 0.25) is 0 Å². The van der Waals surface area contributed by atoms with E-state index in [1.165, 1.54) is 0 Å². The molecule has 0 aromatic carbocycles. The minimum Gasteiger partial charge on any atom is -0.396 e.